The molecule has 0 aromatic heterocycles. The highest BCUT2D eigenvalue weighted by atomic mass is 31.2. The van der Waals surface area contributed by atoms with E-state index in [1.165, 1.54) is 186 Å². The third-order valence-electron chi connectivity index (χ3n) is 17.8. The Morgan fingerprint density at radius 2 is 0.438 bits per heavy atom. The number of phosphoric ester groups is 2. The molecule has 5 atom stereocenters. The number of aliphatic hydroxyl groups is 1. The van der Waals surface area contributed by atoms with Crippen LogP contribution >= 0.6 is 15.6 Å². The van der Waals surface area contributed by atoms with Crippen molar-refractivity contribution in [3.63, 3.8) is 0 Å². The monoisotopic (exact) mass is 1410 g/mol. The van der Waals surface area contributed by atoms with E-state index in [2.05, 4.69) is 55.4 Å². The molecule has 17 nitrogen and oxygen atoms in total. The van der Waals surface area contributed by atoms with Gasteiger partial charge in [0.05, 0.1) is 26.4 Å². The predicted molar refractivity (Wildman–Crippen MR) is 391 cm³/mol. The van der Waals surface area contributed by atoms with Crippen LogP contribution in [0.3, 0.4) is 0 Å². The van der Waals surface area contributed by atoms with Gasteiger partial charge in [-0.3, -0.25) is 37.3 Å². The average Bonchev–Trinajstić information content (AvgIpc) is 1.34. The third kappa shape index (κ3) is 70.5. The first-order chi connectivity index (χ1) is 46.1. The number of ether oxygens (including phenoxy) is 4. The van der Waals surface area contributed by atoms with E-state index in [4.69, 9.17) is 37.0 Å². The van der Waals surface area contributed by atoms with Crippen LogP contribution in [0, 0.1) is 23.7 Å². The van der Waals surface area contributed by atoms with Gasteiger partial charge in [0.25, 0.3) is 0 Å². The quantitative estimate of drug-likeness (QED) is 0.0222. The van der Waals surface area contributed by atoms with Gasteiger partial charge >= 0.3 is 39.5 Å². The number of hydrogen-bond acceptors (Lipinski definition) is 15. The molecule has 2 unspecified atom stereocenters. The highest BCUT2D eigenvalue weighted by Crippen LogP contribution is 2.45. The first-order valence-electron chi connectivity index (χ1n) is 39.7. The molecule has 0 spiro atoms. The summed E-state index contributed by atoms with van der Waals surface area (Å²) in [6.45, 7) is 14.1. The minimum Gasteiger partial charge on any atom is -0.462 e. The summed E-state index contributed by atoms with van der Waals surface area (Å²) in [5.41, 5.74) is 0. The fourth-order valence-corrected chi connectivity index (χ4v) is 13.3. The zero-order chi connectivity index (χ0) is 71.0. The second-order valence-electron chi connectivity index (χ2n) is 29.7. The number of rotatable bonds is 74. The summed E-state index contributed by atoms with van der Waals surface area (Å²) in [7, 11) is -9.91. The van der Waals surface area contributed by atoms with Crippen LogP contribution in [0.15, 0.2) is 0 Å². The molecule has 0 amide bonds. The molecule has 0 saturated heterocycles. The Morgan fingerprint density at radius 1 is 0.260 bits per heavy atom. The number of unbranched alkanes of at least 4 members (excludes halogenated alkanes) is 40. The number of phosphoric acid groups is 2. The maximum Gasteiger partial charge on any atom is 0.472 e. The van der Waals surface area contributed by atoms with E-state index in [1.807, 2.05) is 0 Å². The lowest BCUT2D eigenvalue weighted by molar-refractivity contribution is -0.161. The van der Waals surface area contributed by atoms with Crippen molar-refractivity contribution >= 4 is 39.5 Å². The molecule has 0 aliphatic rings. The first-order valence-corrected chi connectivity index (χ1v) is 42.7. The van der Waals surface area contributed by atoms with Gasteiger partial charge in [-0.1, -0.05) is 338 Å². The highest BCUT2D eigenvalue weighted by Gasteiger charge is 2.30. The standard InChI is InChI=1S/C77H150O17P2/c1-67(2)53-45-37-29-24-20-16-12-9-10-14-19-23-27-33-43-51-59-76(81)93-72(63-87-74(79)57-49-41-32-26-22-18-15-11-13-17-21-25-30-38-46-54-68(3)4)65-91-95(83,84)89-61-71(78)62-90-96(85,86)92-66-73(64-88-75(80)58-50-42-36-35-40-48-56-70(7)8)94-77(82)60-52-44-34-28-31-39-47-55-69(5)6/h67-73,78H,9-66H2,1-8H3,(H,83,84)(H,85,86)/t71-,72-,73-/m1/s1. The average molecular weight is 1410 g/mol. The van der Waals surface area contributed by atoms with E-state index in [-0.39, 0.29) is 25.7 Å². The van der Waals surface area contributed by atoms with Crippen LogP contribution in [0.1, 0.15) is 389 Å². The molecule has 570 valence electrons. The fraction of sp³-hybridized carbons (Fsp3) is 0.948. The van der Waals surface area contributed by atoms with Crippen LogP contribution < -0.4 is 0 Å². The van der Waals surface area contributed by atoms with Crippen molar-refractivity contribution in [2.75, 3.05) is 39.6 Å². The van der Waals surface area contributed by atoms with Gasteiger partial charge in [0.1, 0.15) is 19.3 Å². The molecule has 0 radical (unpaired) electrons. The molecule has 96 heavy (non-hydrogen) atoms. The topological polar surface area (TPSA) is 237 Å². The third-order valence-corrected chi connectivity index (χ3v) is 19.7. The van der Waals surface area contributed by atoms with Crippen LogP contribution in [0.5, 0.6) is 0 Å². The maximum absolute atomic E-state index is 13.1. The molecule has 0 aliphatic carbocycles. The Balaban J connectivity index is 5.20. The lowest BCUT2D eigenvalue weighted by atomic mass is 10.0. The normalized spacial score (nSPS) is 14.1. The van der Waals surface area contributed by atoms with E-state index in [0.29, 0.717) is 37.5 Å². The lowest BCUT2D eigenvalue weighted by Gasteiger charge is -2.21. The van der Waals surface area contributed by atoms with Gasteiger partial charge in [-0.15, -0.1) is 0 Å². The second-order valence-corrected chi connectivity index (χ2v) is 32.6. The van der Waals surface area contributed by atoms with Gasteiger partial charge in [0.2, 0.25) is 0 Å². The van der Waals surface area contributed by atoms with Crippen molar-refractivity contribution in [3.8, 4) is 0 Å². The summed E-state index contributed by atoms with van der Waals surface area (Å²) in [5.74, 6) is 0.867. The molecule has 0 rings (SSSR count). The van der Waals surface area contributed by atoms with Crippen molar-refractivity contribution in [1.82, 2.24) is 0 Å². The van der Waals surface area contributed by atoms with Gasteiger partial charge in [0, 0.05) is 25.7 Å². The summed E-state index contributed by atoms with van der Waals surface area (Å²) in [6.07, 6.45) is 51.7. The summed E-state index contributed by atoms with van der Waals surface area (Å²) < 4.78 is 68.5. The molecule has 0 heterocycles. The predicted octanol–water partition coefficient (Wildman–Crippen LogP) is 22.4. The van der Waals surface area contributed by atoms with Gasteiger partial charge < -0.3 is 33.8 Å². The van der Waals surface area contributed by atoms with E-state index < -0.39 is 97.5 Å². The molecular formula is C77H150O17P2. The number of hydrogen-bond donors (Lipinski definition) is 3. The van der Waals surface area contributed by atoms with Gasteiger partial charge in [0.15, 0.2) is 12.2 Å². The zero-order valence-corrected chi connectivity index (χ0v) is 64.8. The molecular weight excluding hydrogens is 1260 g/mol. The van der Waals surface area contributed by atoms with Crippen molar-refractivity contribution in [3.05, 3.63) is 0 Å². The molecule has 19 heteroatoms. The van der Waals surface area contributed by atoms with Gasteiger partial charge in [-0.05, 0) is 49.4 Å². The van der Waals surface area contributed by atoms with E-state index >= 15 is 0 Å². The first kappa shape index (κ1) is 94.1. The smallest absolute Gasteiger partial charge is 0.462 e. The molecule has 0 saturated carbocycles. The van der Waals surface area contributed by atoms with Crippen LogP contribution in [0.25, 0.3) is 0 Å². The Kier molecular flexibility index (Phi) is 65.0. The van der Waals surface area contributed by atoms with Crippen molar-refractivity contribution in [1.29, 1.82) is 0 Å². The Bertz CT molecular complexity index is 1880. The molecule has 0 fully saturated rings. The van der Waals surface area contributed by atoms with E-state index in [0.717, 1.165) is 108 Å². The Labute approximate surface area is 588 Å². The largest absolute Gasteiger partial charge is 0.472 e. The fourth-order valence-electron chi connectivity index (χ4n) is 11.7. The van der Waals surface area contributed by atoms with E-state index in [1.54, 1.807) is 0 Å². The lowest BCUT2D eigenvalue weighted by Crippen LogP contribution is -2.30. The minimum absolute atomic E-state index is 0.102. The van der Waals surface area contributed by atoms with Crippen LogP contribution in [-0.2, 0) is 65.4 Å². The maximum atomic E-state index is 13.1. The van der Waals surface area contributed by atoms with Crippen LogP contribution in [0.4, 0.5) is 0 Å². The minimum atomic E-state index is -4.96. The molecule has 0 bridgehead atoms. The number of carbonyl (C=O) groups is 4. The second kappa shape index (κ2) is 66.3. The molecule has 0 aromatic carbocycles. The molecule has 3 N–H and O–H groups in total. The number of esters is 4. The number of aliphatic hydroxyl groups excluding tert-OH is 1. The molecule has 0 aliphatic heterocycles. The van der Waals surface area contributed by atoms with Crippen molar-refractivity contribution in [2.45, 2.75) is 408 Å². The van der Waals surface area contributed by atoms with Gasteiger partial charge in [-0.25, -0.2) is 9.13 Å². The Morgan fingerprint density at radius 3 is 0.646 bits per heavy atom. The van der Waals surface area contributed by atoms with Crippen LogP contribution in [-0.4, -0.2) is 96.7 Å². The summed E-state index contributed by atoms with van der Waals surface area (Å²) >= 11 is 0. The van der Waals surface area contributed by atoms with Crippen molar-refractivity contribution in [2.24, 2.45) is 23.7 Å². The zero-order valence-electron chi connectivity index (χ0n) is 63.0. The van der Waals surface area contributed by atoms with Crippen molar-refractivity contribution < 1.29 is 80.2 Å². The summed E-state index contributed by atoms with van der Waals surface area (Å²) in [6, 6.07) is 0. The summed E-state index contributed by atoms with van der Waals surface area (Å²) in [5, 5.41) is 10.6. The summed E-state index contributed by atoms with van der Waals surface area (Å²) in [4.78, 5) is 72.7. The van der Waals surface area contributed by atoms with E-state index in [9.17, 15) is 43.2 Å². The highest BCUT2D eigenvalue weighted by molar-refractivity contribution is 7.47. The van der Waals surface area contributed by atoms with Gasteiger partial charge in [-0.2, -0.15) is 0 Å². The molecule has 0 aromatic rings. The van der Waals surface area contributed by atoms with Crippen LogP contribution in [0.2, 0.25) is 0 Å². The Hall–Kier alpha value is -1.94. The number of carbonyl (C=O) groups excluding carboxylic acids is 4. The SMILES string of the molecule is CC(C)CCCCCCCCCCCCCCCCCCC(=O)O[C@H](COC(=O)CCCCCCCCCCCCCCCCCC(C)C)COP(=O)(O)OC[C@@H](O)COP(=O)(O)OC[C@@H](COC(=O)CCCCCCCCC(C)C)OC(=O)CCCCCCCCCC(C)C.